The number of nitrogens with zero attached hydrogens (tertiary/aromatic N) is 3. The molecule has 4 aliphatic carbocycles. The van der Waals surface area contributed by atoms with E-state index in [1.165, 1.54) is 0 Å². The number of benzene rings is 1. The first-order valence-electron chi connectivity index (χ1n) is 10.6. The van der Waals surface area contributed by atoms with Crippen LogP contribution in [0, 0.1) is 24.2 Å². The average Bonchev–Trinajstić information content (AvgIpc) is 2.65. The predicted octanol–water partition coefficient (Wildman–Crippen LogP) is 2.88. The molecule has 6 rings (SSSR count). The first-order valence-corrected chi connectivity index (χ1v) is 10.6. The van der Waals surface area contributed by atoms with Gasteiger partial charge in [0, 0.05) is 5.69 Å². The van der Waals surface area contributed by atoms with Gasteiger partial charge in [0.15, 0.2) is 12.4 Å². The van der Waals surface area contributed by atoms with Crippen molar-refractivity contribution in [1.82, 2.24) is 15.0 Å². The van der Waals surface area contributed by atoms with Crippen molar-refractivity contribution in [3.8, 4) is 0 Å². The van der Waals surface area contributed by atoms with E-state index in [0.717, 1.165) is 43.4 Å². The number of ether oxygens (including phenoxy) is 1. The van der Waals surface area contributed by atoms with Crippen molar-refractivity contribution in [1.29, 1.82) is 0 Å². The number of nitrogens with two attached hydrogens (primary N) is 1. The van der Waals surface area contributed by atoms with Crippen molar-refractivity contribution < 1.29 is 14.6 Å². The molecule has 4 saturated carbocycles. The van der Waals surface area contributed by atoms with E-state index in [1.807, 2.05) is 31.2 Å². The topological polar surface area (TPSA) is 123 Å². The number of nitrogens with one attached hydrogen (secondary N) is 1. The van der Waals surface area contributed by atoms with Crippen LogP contribution in [-0.4, -0.2) is 31.6 Å². The van der Waals surface area contributed by atoms with Crippen LogP contribution in [0.5, 0.6) is 0 Å². The molecule has 4 fully saturated rings. The van der Waals surface area contributed by atoms with E-state index in [4.69, 9.17) is 10.5 Å². The molecule has 0 saturated heterocycles. The van der Waals surface area contributed by atoms with Crippen LogP contribution in [-0.2, 0) is 16.1 Å². The van der Waals surface area contributed by atoms with E-state index in [-0.39, 0.29) is 18.5 Å². The molecule has 0 radical (unpaired) electrons. The highest BCUT2D eigenvalue weighted by atomic mass is 16.5. The maximum atomic E-state index is 13.1. The minimum atomic E-state index is -0.703. The van der Waals surface area contributed by atoms with E-state index in [0.29, 0.717) is 30.0 Å². The van der Waals surface area contributed by atoms with E-state index < -0.39 is 11.0 Å². The smallest absolute Gasteiger partial charge is 0.312 e. The predicted molar refractivity (Wildman–Crippen MR) is 111 cm³/mol. The largest absolute Gasteiger partial charge is 0.457 e. The molecule has 158 valence electrons. The number of aryl methyl sites for hydroxylation is 1. The van der Waals surface area contributed by atoms with Crippen LogP contribution in [0.25, 0.3) is 0 Å². The van der Waals surface area contributed by atoms with Gasteiger partial charge in [-0.1, -0.05) is 18.2 Å². The maximum absolute atomic E-state index is 13.1. The lowest BCUT2D eigenvalue weighted by molar-refractivity contribution is -0.197. The summed E-state index contributed by atoms with van der Waals surface area (Å²) in [4.78, 5) is 25.7. The van der Waals surface area contributed by atoms with E-state index in [9.17, 15) is 9.90 Å². The molecule has 0 amide bonds. The molecule has 4 bridgehead atoms. The summed E-state index contributed by atoms with van der Waals surface area (Å²) in [7, 11) is 0. The second-order valence-electron chi connectivity index (χ2n) is 9.42. The lowest BCUT2D eigenvalue weighted by Crippen LogP contribution is -2.58. The summed E-state index contributed by atoms with van der Waals surface area (Å²) in [5.41, 5.74) is 6.49. The third-order valence-electron chi connectivity index (χ3n) is 6.89. The molecular weight excluding hydrogens is 382 g/mol. The first kappa shape index (κ1) is 19.2. The van der Waals surface area contributed by atoms with Gasteiger partial charge in [0.2, 0.25) is 11.9 Å². The van der Waals surface area contributed by atoms with E-state index in [1.54, 1.807) is 0 Å². The number of nitrogen functional groups attached to an aromatic ring is 1. The lowest BCUT2D eigenvalue weighted by Gasteiger charge is -2.58. The van der Waals surface area contributed by atoms with Gasteiger partial charge < -0.3 is 20.9 Å². The number of para-hydroxylation sites is 1. The van der Waals surface area contributed by atoms with Gasteiger partial charge in [-0.25, -0.2) is 0 Å². The Morgan fingerprint density at radius 3 is 2.63 bits per heavy atom. The number of hydrogen-bond donors (Lipinski definition) is 3. The fourth-order valence-corrected chi connectivity index (χ4v) is 6.13. The van der Waals surface area contributed by atoms with Crippen molar-refractivity contribution in [2.75, 3.05) is 11.1 Å². The molecule has 1 aromatic heterocycles. The Morgan fingerprint density at radius 2 is 1.93 bits per heavy atom. The zero-order valence-corrected chi connectivity index (χ0v) is 17.1. The second kappa shape index (κ2) is 6.91. The Labute approximate surface area is 175 Å². The molecule has 8 heteroatoms. The standard InChI is InChI=1S/C22H27N5O3/c1-13-4-2-3-5-16(13)24-20-26-17(25-19(23)27-20)11-30-18(28)21-7-14-6-15(8-21)10-22(29,9-14)12-21/h2-5,14-15,29H,6-12H2,1H3,(H3,23,24,25,26,27). The maximum Gasteiger partial charge on any atom is 0.312 e. The van der Waals surface area contributed by atoms with Gasteiger partial charge in [-0.15, -0.1) is 0 Å². The molecule has 2 atom stereocenters. The highest BCUT2D eigenvalue weighted by Crippen LogP contribution is 2.62. The molecular formula is C22H27N5O3. The Hall–Kier alpha value is -2.74. The van der Waals surface area contributed by atoms with Crippen LogP contribution < -0.4 is 11.1 Å². The minimum absolute atomic E-state index is 0.0660. The number of esters is 1. The molecule has 30 heavy (non-hydrogen) atoms. The van der Waals surface area contributed by atoms with Crippen LogP contribution in [0.15, 0.2) is 24.3 Å². The molecule has 0 spiro atoms. The third kappa shape index (κ3) is 3.49. The van der Waals surface area contributed by atoms with Crippen molar-refractivity contribution in [2.24, 2.45) is 17.3 Å². The van der Waals surface area contributed by atoms with Gasteiger partial charge in [-0.3, -0.25) is 4.79 Å². The van der Waals surface area contributed by atoms with Gasteiger partial charge in [-0.2, -0.15) is 15.0 Å². The number of carbonyl (C=O) groups excluding carboxylic acids is 1. The highest BCUT2D eigenvalue weighted by Gasteiger charge is 2.60. The van der Waals surface area contributed by atoms with Crippen LogP contribution in [0.4, 0.5) is 17.6 Å². The fraction of sp³-hybridized carbons (Fsp3) is 0.545. The molecule has 4 N–H and O–H groups in total. The minimum Gasteiger partial charge on any atom is -0.457 e. The van der Waals surface area contributed by atoms with E-state index in [2.05, 4.69) is 20.3 Å². The fourth-order valence-electron chi connectivity index (χ4n) is 6.13. The summed E-state index contributed by atoms with van der Waals surface area (Å²) >= 11 is 0. The molecule has 4 aliphatic rings. The number of hydrogen-bond acceptors (Lipinski definition) is 8. The van der Waals surface area contributed by atoms with Crippen molar-refractivity contribution in [3.05, 3.63) is 35.7 Å². The van der Waals surface area contributed by atoms with Crippen LogP contribution in [0.1, 0.15) is 49.9 Å². The van der Waals surface area contributed by atoms with Crippen LogP contribution >= 0.6 is 0 Å². The summed E-state index contributed by atoms with van der Waals surface area (Å²) in [6.45, 7) is 1.92. The monoisotopic (exact) mass is 409 g/mol. The van der Waals surface area contributed by atoms with Gasteiger partial charge in [0.1, 0.15) is 0 Å². The molecule has 8 nitrogen and oxygen atoms in total. The number of anilines is 3. The molecule has 0 aliphatic heterocycles. The lowest BCUT2D eigenvalue weighted by atomic mass is 9.48. The summed E-state index contributed by atoms with van der Waals surface area (Å²) < 4.78 is 5.66. The Morgan fingerprint density at radius 1 is 1.20 bits per heavy atom. The summed E-state index contributed by atoms with van der Waals surface area (Å²) in [6.07, 6.45) is 4.88. The SMILES string of the molecule is Cc1ccccc1Nc1nc(N)nc(COC(=O)C23CC4CC(CC(O)(C4)C2)C3)n1. The molecule has 2 unspecified atom stereocenters. The molecule has 2 aromatic rings. The third-order valence-corrected chi connectivity index (χ3v) is 6.89. The average molecular weight is 409 g/mol. The number of rotatable bonds is 5. The summed E-state index contributed by atoms with van der Waals surface area (Å²) in [5.74, 6) is 1.27. The van der Waals surface area contributed by atoms with Gasteiger partial charge in [0.05, 0.1) is 11.0 Å². The quantitative estimate of drug-likeness (QED) is 0.644. The Balaban J connectivity index is 1.29. The van der Waals surface area contributed by atoms with E-state index >= 15 is 0 Å². The Bertz CT molecular complexity index is 980. The van der Waals surface area contributed by atoms with Crippen molar-refractivity contribution in [3.63, 3.8) is 0 Å². The summed E-state index contributed by atoms with van der Waals surface area (Å²) in [6, 6.07) is 7.78. The van der Waals surface area contributed by atoms with Crippen molar-refractivity contribution >= 4 is 23.6 Å². The first-order chi connectivity index (χ1) is 14.3. The summed E-state index contributed by atoms with van der Waals surface area (Å²) in [5, 5.41) is 14.0. The van der Waals surface area contributed by atoms with Gasteiger partial charge in [-0.05, 0) is 68.9 Å². The number of carbonyl (C=O) groups is 1. The molecule has 1 heterocycles. The second-order valence-corrected chi connectivity index (χ2v) is 9.42. The van der Waals surface area contributed by atoms with Crippen LogP contribution in [0.2, 0.25) is 0 Å². The number of aliphatic hydroxyl groups is 1. The zero-order valence-electron chi connectivity index (χ0n) is 17.1. The van der Waals surface area contributed by atoms with Crippen molar-refractivity contribution in [2.45, 2.75) is 57.7 Å². The molecule has 1 aromatic carbocycles. The van der Waals surface area contributed by atoms with Crippen LogP contribution in [0.3, 0.4) is 0 Å². The highest BCUT2D eigenvalue weighted by molar-refractivity contribution is 5.77. The Kier molecular flexibility index (Phi) is 4.43. The van der Waals surface area contributed by atoms with Gasteiger partial charge >= 0.3 is 5.97 Å². The normalized spacial score (nSPS) is 31.5. The number of aromatic nitrogens is 3. The van der Waals surface area contributed by atoms with Gasteiger partial charge in [0.25, 0.3) is 0 Å². The zero-order chi connectivity index (χ0) is 20.9.